The van der Waals surface area contributed by atoms with Crippen molar-refractivity contribution in [2.45, 2.75) is 52.7 Å². The fourth-order valence-corrected chi connectivity index (χ4v) is 3.97. The average Bonchev–Trinajstić information content (AvgIpc) is 3.15. The highest BCUT2D eigenvalue weighted by Crippen LogP contribution is 2.41. The van der Waals surface area contributed by atoms with Gasteiger partial charge >= 0.3 is 0 Å². The number of amides is 1. The van der Waals surface area contributed by atoms with Crippen molar-refractivity contribution in [3.63, 3.8) is 0 Å². The number of benzene rings is 2. The molecule has 0 bridgehead atoms. The molecule has 6 heteroatoms. The third-order valence-corrected chi connectivity index (χ3v) is 5.43. The van der Waals surface area contributed by atoms with Gasteiger partial charge in [-0.3, -0.25) is 4.79 Å². The molecule has 1 aliphatic rings. The van der Waals surface area contributed by atoms with E-state index in [0.717, 1.165) is 33.8 Å². The number of fused-ring (bicyclic) bond motifs is 5. The lowest BCUT2D eigenvalue weighted by Gasteiger charge is -2.29. The van der Waals surface area contributed by atoms with E-state index >= 15 is 0 Å². The highest BCUT2D eigenvalue weighted by atomic mass is 16.2. The lowest BCUT2D eigenvalue weighted by molar-refractivity contribution is -0.118. The van der Waals surface area contributed by atoms with Gasteiger partial charge in [-0.05, 0) is 25.5 Å². The average molecular weight is 404 g/mol. The molecule has 4 rings (SSSR count). The number of rotatable bonds is 5. The molecular formula is C24H29N5O. The second kappa shape index (κ2) is 8.40. The van der Waals surface area contributed by atoms with E-state index < -0.39 is 0 Å². The molecule has 0 atom stereocenters. The molecule has 1 amide bonds. The number of hydrogen-bond donors (Lipinski definition) is 1. The Balaban J connectivity index is 1.87. The quantitative estimate of drug-likeness (QED) is 0.685. The predicted molar refractivity (Wildman–Crippen MR) is 120 cm³/mol. The first-order valence-corrected chi connectivity index (χ1v) is 10.6. The first kappa shape index (κ1) is 20.3. The van der Waals surface area contributed by atoms with Crippen LogP contribution in [0.25, 0.3) is 22.5 Å². The highest BCUT2D eigenvalue weighted by Gasteiger charge is 2.29. The minimum Gasteiger partial charge on any atom is -0.314 e. The second-order valence-electron chi connectivity index (χ2n) is 8.34. The molecule has 1 aliphatic heterocycles. The lowest BCUT2D eigenvalue weighted by Crippen LogP contribution is -2.35. The lowest BCUT2D eigenvalue weighted by atomic mass is 9.95. The Bertz CT molecular complexity index is 1050. The monoisotopic (exact) mass is 403 g/mol. The number of para-hydroxylation sites is 1. The summed E-state index contributed by atoms with van der Waals surface area (Å²) in [4.78, 5) is 15.2. The molecule has 156 valence electrons. The highest BCUT2D eigenvalue weighted by molar-refractivity contribution is 6.00. The summed E-state index contributed by atoms with van der Waals surface area (Å²) in [6.07, 6.45) is 0.448. The van der Waals surface area contributed by atoms with Crippen molar-refractivity contribution >= 4 is 11.6 Å². The summed E-state index contributed by atoms with van der Waals surface area (Å²) in [5.41, 5.74) is 5.85. The standard InChI is InChI=1S/C24H29N5O/c1-16(2)25-14-13-22(30)28-15-18-9-5-6-10-19(18)23-24(29(17(3)4)27-26-23)20-11-7-8-12-21(20)28/h5-12,16-17,25H,13-15H2,1-4H3. The van der Waals surface area contributed by atoms with Crippen molar-refractivity contribution in [2.75, 3.05) is 11.4 Å². The van der Waals surface area contributed by atoms with E-state index in [1.165, 1.54) is 0 Å². The number of nitrogens with one attached hydrogen (secondary N) is 1. The van der Waals surface area contributed by atoms with Gasteiger partial charge in [0.2, 0.25) is 5.91 Å². The van der Waals surface area contributed by atoms with Crippen LogP contribution in [0.4, 0.5) is 5.69 Å². The number of hydrogen-bond acceptors (Lipinski definition) is 4. The minimum atomic E-state index is 0.109. The molecule has 2 heterocycles. The molecule has 6 nitrogen and oxygen atoms in total. The summed E-state index contributed by atoms with van der Waals surface area (Å²) in [5.74, 6) is 0.109. The van der Waals surface area contributed by atoms with E-state index in [1.54, 1.807) is 0 Å². The maximum Gasteiger partial charge on any atom is 0.228 e. The fraction of sp³-hybridized carbons (Fsp3) is 0.375. The van der Waals surface area contributed by atoms with Gasteiger partial charge in [-0.2, -0.15) is 0 Å². The summed E-state index contributed by atoms with van der Waals surface area (Å²) in [7, 11) is 0. The number of carbonyl (C=O) groups excluding carboxylic acids is 1. The number of aromatic nitrogens is 3. The van der Waals surface area contributed by atoms with Crippen LogP contribution in [-0.2, 0) is 11.3 Å². The molecule has 0 aliphatic carbocycles. The molecule has 0 saturated carbocycles. The van der Waals surface area contributed by atoms with E-state index in [4.69, 9.17) is 0 Å². The van der Waals surface area contributed by atoms with E-state index in [2.05, 4.69) is 61.5 Å². The van der Waals surface area contributed by atoms with E-state index in [0.29, 0.717) is 25.6 Å². The Morgan fingerprint density at radius 1 is 1.03 bits per heavy atom. The van der Waals surface area contributed by atoms with Crippen LogP contribution in [-0.4, -0.2) is 33.5 Å². The smallest absolute Gasteiger partial charge is 0.228 e. The number of carbonyl (C=O) groups is 1. The predicted octanol–water partition coefficient (Wildman–Crippen LogP) is 4.43. The summed E-state index contributed by atoms with van der Waals surface area (Å²) >= 11 is 0. The van der Waals surface area contributed by atoms with E-state index in [1.807, 2.05) is 39.9 Å². The molecule has 1 N–H and O–H groups in total. The Morgan fingerprint density at radius 3 is 2.47 bits per heavy atom. The summed E-state index contributed by atoms with van der Waals surface area (Å²) in [6, 6.07) is 16.8. The van der Waals surface area contributed by atoms with Crippen LogP contribution in [0.3, 0.4) is 0 Å². The van der Waals surface area contributed by atoms with Crippen molar-refractivity contribution in [2.24, 2.45) is 0 Å². The number of anilines is 1. The van der Waals surface area contributed by atoms with Crippen molar-refractivity contribution in [3.05, 3.63) is 54.1 Å². The zero-order valence-electron chi connectivity index (χ0n) is 18.1. The largest absolute Gasteiger partial charge is 0.314 e. The van der Waals surface area contributed by atoms with Crippen LogP contribution in [0.15, 0.2) is 48.5 Å². The Morgan fingerprint density at radius 2 is 1.73 bits per heavy atom. The van der Waals surface area contributed by atoms with Crippen LogP contribution in [0.2, 0.25) is 0 Å². The normalized spacial score (nSPS) is 12.9. The zero-order chi connectivity index (χ0) is 21.3. The summed E-state index contributed by atoms with van der Waals surface area (Å²) in [5, 5.41) is 12.4. The van der Waals surface area contributed by atoms with Crippen LogP contribution in [0.5, 0.6) is 0 Å². The first-order valence-electron chi connectivity index (χ1n) is 10.6. The molecule has 3 aromatic rings. The van der Waals surface area contributed by atoms with Gasteiger partial charge in [-0.1, -0.05) is 61.5 Å². The SMILES string of the molecule is CC(C)NCCC(=O)N1Cc2ccccc2-c2nnn(C(C)C)c2-c2ccccc21. The molecule has 0 spiro atoms. The maximum atomic E-state index is 13.3. The Kier molecular flexibility index (Phi) is 5.68. The molecule has 0 fully saturated rings. The first-order chi connectivity index (χ1) is 14.5. The minimum absolute atomic E-state index is 0.109. The van der Waals surface area contributed by atoms with Gasteiger partial charge in [0.15, 0.2) is 0 Å². The van der Waals surface area contributed by atoms with Crippen molar-refractivity contribution in [3.8, 4) is 22.5 Å². The summed E-state index contributed by atoms with van der Waals surface area (Å²) in [6.45, 7) is 9.56. The van der Waals surface area contributed by atoms with Crippen LogP contribution >= 0.6 is 0 Å². The topological polar surface area (TPSA) is 63.1 Å². The van der Waals surface area contributed by atoms with Gasteiger partial charge < -0.3 is 10.2 Å². The third kappa shape index (κ3) is 3.75. The maximum absolute atomic E-state index is 13.3. The van der Waals surface area contributed by atoms with Gasteiger partial charge in [0.05, 0.1) is 17.9 Å². The van der Waals surface area contributed by atoms with Crippen molar-refractivity contribution < 1.29 is 4.79 Å². The van der Waals surface area contributed by atoms with Gasteiger partial charge in [0.25, 0.3) is 0 Å². The van der Waals surface area contributed by atoms with E-state index in [-0.39, 0.29) is 11.9 Å². The molecule has 0 unspecified atom stereocenters. The van der Waals surface area contributed by atoms with Gasteiger partial charge in [-0.15, -0.1) is 5.10 Å². The molecule has 30 heavy (non-hydrogen) atoms. The van der Waals surface area contributed by atoms with Gasteiger partial charge in [-0.25, -0.2) is 4.68 Å². The third-order valence-electron chi connectivity index (χ3n) is 5.43. The Hall–Kier alpha value is -2.99. The van der Waals surface area contributed by atoms with Crippen LogP contribution < -0.4 is 10.2 Å². The molecule has 2 aromatic carbocycles. The van der Waals surface area contributed by atoms with Crippen LogP contribution in [0, 0.1) is 0 Å². The van der Waals surface area contributed by atoms with Gasteiger partial charge in [0, 0.05) is 36.2 Å². The fourth-order valence-electron chi connectivity index (χ4n) is 3.97. The summed E-state index contributed by atoms with van der Waals surface area (Å²) < 4.78 is 1.96. The molecule has 1 aromatic heterocycles. The number of nitrogens with zero attached hydrogens (tertiary/aromatic N) is 4. The van der Waals surface area contributed by atoms with Crippen LogP contribution in [0.1, 0.15) is 45.7 Å². The van der Waals surface area contributed by atoms with Crippen molar-refractivity contribution in [1.82, 2.24) is 20.3 Å². The molecule has 0 saturated heterocycles. The van der Waals surface area contributed by atoms with Gasteiger partial charge in [0.1, 0.15) is 5.69 Å². The second-order valence-corrected chi connectivity index (χ2v) is 8.34. The molecule has 0 radical (unpaired) electrons. The van der Waals surface area contributed by atoms with E-state index in [9.17, 15) is 4.79 Å². The zero-order valence-corrected chi connectivity index (χ0v) is 18.1. The van der Waals surface area contributed by atoms with Crippen molar-refractivity contribution in [1.29, 1.82) is 0 Å². The Labute approximate surface area is 177 Å². The molecular weight excluding hydrogens is 374 g/mol.